The minimum Gasteiger partial charge on any atom is -0.492 e. The van der Waals surface area contributed by atoms with E-state index in [1.54, 1.807) is 6.20 Å². The number of para-hydroxylation sites is 1. The van der Waals surface area contributed by atoms with Crippen LogP contribution in [0.1, 0.15) is 19.8 Å². The van der Waals surface area contributed by atoms with Crippen LogP contribution >= 0.6 is 0 Å². The Hall–Kier alpha value is -2.76. The maximum Gasteiger partial charge on any atom is 0.193 e. The number of benzene rings is 1. The number of pyridine rings is 1. The van der Waals surface area contributed by atoms with Gasteiger partial charge in [-0.05, 0) is 44.0 Å². The minimum absolute atomic E-state index is 0.624. The molecule has 2 rings (SSSR count). The summed E-state index contributed by atoms with van der Waals surface area (Å²) in [5, 5.41) is 6.66. The van der Waals surface area contributed by atoms with E-state index in [-0.39, 0.29) is 0 Å². The number of rotatable bonds is 11. The third-order valence-corrected chi connectivity index (χ3v) is 3.95. The molecule has 0 amide bonds. The van der Waals surface area contributed by atoms with E-state index in [4.69, 9.17) is 9.73 Å². The number of likely N-dealkylation sites (N-methyl/N-ethyl adjacent to an activating group) is 1. The van der Waals surface area contributed by atoms with Gasteiger partial charge in [-0.15, -0.1) is 0 Å². The van der Waals surface area contributed by atoms with Crippen LogP contribution in [0.3, 0.4) is 0 Å². The van der Waals surface area contributed by atoms with Gasteiger partial charge in [0.05, 0.1) is 6.54 Å². The maximum atomic E-state index is 5.77. The molecule has 2 N–H and O–H groups in total. The van der Waals surface area contributed by atoms with Crippen molar-refractivity contribution in [2.45, 2.75) is 19.8 Å². The van der Waals surface area contributed by atoms with Crippen LogP contribution in [-0.2, 0) is 0 Å². The highest BCUT2D eigenvalue weighted by molar-refractivity contribution is 5.79. The smallest absolute Gasteiger partial charge is 0.193 e. The number of aliphatic imine (C=N–C) groups is 1. The molecule has 0 aliphatic carbocycles. The lowest BCUT2D eigenvalue weighted by Gasteiger charge is -2.22. The van der Waals surface area contributed by atoms with Crippen molar-refractivity contribution >= 4 is 11.8 Å². The van der Waals surface area contributed by atoms with Gasteiger partial charge in [0, 0.05) is 32.9 Å². The summed E-state index contributed by atoms with van der Waals surface area (Å²) in [6.45, 7) is 6.05. The second-order valence-electron chi connectivity index (χ2n) is 6.17. The molecule has 27 heavy (non-hydrogen) atoms. The monoisotopic (exact) mass is 369 g/mol. The highest BCUT2D eigenvalue weighted by Gasteiger charge is 2.05. The number of unbranched alkanes of at least 4 members (excludes halogenated alkanes) is 1. The molecule has 6 heteroatoms. The van der Waals surface area contributed by atoms with Crippen LogP contribution in [0.25, 0.3) is 0 Å². The van der Waals surface area contributed by atoms with E-state index < -0.39 is 0 Å². The number of hydrogen-bond acceptors (Lipinski definition) is 4. The number of anilines is 1. The summed E-state index contributed by atoms with van der Waals surface area (Å²) in [7, 11) is 2.04. The van der Waals surface area contributed by atoms with Crippen LogP contribution in [0.4, 0.5) is 5.82 Å². The zero-order valence-electron chi connectivity index (χ0n) is 16.4. The molecule has 0 saturated heterocycles. The molecule has 0 unspecified atom stereocenters. The summed E-state index contributed by atoms with van der Waals surface area (Å²) in [4.78, 5) is 11.1. The van der Waals surface area contributed by atoms with Gasteiger partial charge >= 0.3 is 0 Å². The first kappa shape index (κ1) is 20.6. The highest BCUT2D eigenvalue weighted by atomic mass is 16.5. The first-order valence-corrected chi connectivity index (χ1v) is 9.62. The maximum absolute atomic E-state index is 5.77. The molecule has 1 aromatic carbocycles. The molecule has 0 saturated carbocycles. The predicted molar refractivity (Wildman–Crippen MR) is 113 cm³/mol. The Kier molecular flexibility index (Phi) is 9.57. The van der Waals surface area contributed by atoms with Crippen molar-refractivity contribution in [2.75, 3.05) is 45.2 Å². The Morgan fingerprint density at radius 2 is 1.93 bits per heavy atom. The van der Waals surface area contributed by atoms with Gasteiger partial charge in [-0.25, -0.2) is 4.98 Å². The van der Waals surface area contributed by atoms with Gasteiger partial charge < -0.3 is 20.3 Å². The van der Waals surface area contributed by atoms with Gasteiger partial charge in [-0.3, -0.25) is 4.99 Å². The van der Waals surface area contributed by atoms with E-state index in [1.807, 2.05) is 55.6 Å². The lowest BCUT2D eigenvalue weighted by molar-refractivity contribution is 0.281. The molecule has 1 aromatic heterocycles. The number of guanidine groups is 1. The van der Waals surface area contributed by atoms with E-state index >= 15 is 0 Å². The van der Waals surface area contributed by atoms with Gasteiger partial charge in [0.1, 0.15) is 18.2 Å². The minimum atomic E-state index is 0.624. The van der Waals surface area contributed by atoms with Crippen molar-refractivity contribution in [1.82, 2.24) is 15.2 Å². The zero-order valence-corrected chi connectivity index (χ0v) is 16.4. The van der Waals surface area contributed by atoms with Gasteiger partial charge in [0.25, 0.3) is 0 Å². The van der Waals surface area contributed by atoms with E-state index in [0.29, 0.717) is 6.61 Å². The molecule has 6 nitrogen and oxygen atoms in total. The average Bonchev–Trinajstić information content (AvgIpc) is 2.71. The van der Waals surface area contributed by atoms with Crippen LogP contribution < -0.4 is 15.4 Å². The summed E-state index contributed by atoms with van der Waals surface area (Å²) in [6, 6.07) is 15.8. The third-order valence-electron chi connectivity index (χ3n) is 3.95. The topological polar surface area (TPSA) is 61.8 Å². The molecule has 2 aromatic rings. The summed E-state index contributed by atoms with van der Waals surface area (Å²) in [6.07, 6.45) is 3.88. The SMILES string of the molecule is CCNC(=NCCCCNc1ccccn1)N(C)CCOc1ccccc1. The fourth-order valence-corrected chi connectivity index (χ4v) is 2.50. The van der Waals surface area contributed by atoms with Crippen LogP contribution in [0.5, 0.6) is 5.75 Å². The van der Waals surface area contributed by atoms with Crippen LogP contribution in [-0.4, -0.2) is 55.7 Å². The quantitative estimate of drug-likeness (QED) is 0.362. The first-order valence-electron chi connectivity index (χ1n) is 9.62. The van der Waals surface area contributed by atoms with E-state index in [2.05, 4.69) is 27.4 Å². The lowest BCUT2D eigenvalue weighted by Crippen LogP contribution is -2.41. The van der Waals surface area contributed by atoms with Crippen LogP contribution in [0.2, 0.25) is 0 Å². The molecule has 0 spiro atoms. The molecule has 0 fully saturated rings. The fourth-order valence-electron chi connectivity index (χ4n) is 2.50. The van der Waals surface area contributed by atoms with Crippen molar-refractivity contribution < 1.29 is 4.74 Å². The summed E-state index contributed by atoms with van der Waals surface area (Å²) in [5.74, 6) is 2.74. The Bertz CT molecular complexity index is 648. The van der Waals surface area contributed by atoms with E-state index in [9.17, 15) is 0 Å². The average molecular weight is 370 g/mol. The van der Waals surface area contributed by atoms with Crippen molar-refractivity contribution in [3.05, 3.63) is 54.7 Å². The number of nitrogens with one attached hydrogen (secondary N) is 2. The zero-order chi connectivity index (χ0) is 19.2. The first-order chi connectivity index (χ1) is 13.3. The van der Waals surface area contributed by atoms with Crippen molar-refractivity contribution in [3.8, 4) is 5.75 Å². The third kappa shape index (κ3) is 8.44. The van der Waals surface area contributed by atoms with E-state index in [0.717, 1.165) is 56.5 Å². The fraction of sp³-hybridized carbons (Fsp3) is 0.429. The summed E-state index contributed by atoms with van der Waals surface area (Å²) >= 11 is 0. The number of aromatic nitrogens is 1. The van der Waals surface area contributed by atoms with Gasteiger partial charge in [-0.2, -0.15) is 0 Å². The molecule has 0 radical (unpaired) electrons. The Labute approximate surface area is 162 Å². The second-order valence-corrected chi connectivity index (χ2v) is 6.17. The van der Waals surface area contributed by atoms with Gasteiger partial charge in [0.15, 0.2) is 5.96 Å². The van der Waals surface area contributed by atoms with Crippen molar-refractivity contribution in [1.29, 1.82) is 0 Å². The molecule has 1 heterocycles. The van der Waals surface area contributed by atoms with Crippen LogP contribution in [0.15, 0.2) is 59.7 Å². The molecular weight excluding hydrogens is 338 g/mol. The van der Waals surface area contributed by atoms with Gasteiger partial charge in [-0.1, -0.05) is 24.3 Å². The Morgan fingerprint density at radius 1 is 1.11 bits per heavy atom. The normalized spacial score (nSPS) is 11.1. The summed E-state index contributed by atoms with van der Waals surface area (Å²) in [5.41, 5.74) is 0. The summed E-state index contributed by atoms with van der Waals surface area (Å²) < 4.78 is 5.77. The molecule has 0 bridgehead atoms. The lowest BCUT2D eigenvalue weighted by atomic mass is 10.3. The largest absolute Gasteiger partial charge is 0.492 e. The van der Waals surface area contributed by atoms with Crippen molar-refractivity contribution in [3.63, 3.8) is 0 Å². The number of nitrogens with zero attached hydrogens (tertiary/aromatic N) is 3. The van der Waals surface area contributed by atoms with Crippen molar-refractivity contribution in [2.24, 2.45) is 4.99 Å². The second kappa shape index (κ2) is 12.6. The standard InChI is InChI=1S/C21H31N5O/c1-3-22-21(26(2)17-18-27-19-11-5-4-6-12-19)25-16-10-9-15-24-20-13-7-8-14-23-20/h4-8,11-14H,3,9-10,15-18H2,1-2H3,(H,22,25)(H,23,24). The number of ether oxygens (including phenoxy) is 1. The molecule has 0 aliphatic heterocycles. The molecule has 0 atom stereocenters. The molecular formula is C21H31N5O. The highest BCUT2D eigenvalue weighted by Crippen LogP contribution is 2.07. The van der Waals surface area contributed by atoms with E-state index in [1.165, 1.54) is 0 Å². The number of hydrogen-bond donors (Lipinski definition) is 2. The van der Waals surface area contributed by atoms with Gasteiger partial charge in [0.2, 0.25) is 0 Å². The van der Waals surface area contributed by atoms with Crippen LogP contribution in [0, 0.1) is 0 Å². The predicted octanol–water partition coefficient (Wildman–Crippen LogP) is 3.25. The Balaban J connectivity index is 1.65. The molecule has 0 aliphatic rings. The Morgan fingerprint density at radius 3 is 2.67 bits per heavy atom. The molecule has 146 valence electrons.